The highest BCUT2D eigenvalue weighted by Crippen LogP contribution is 2.22. The maximum Gasteiger partial charge on any atom is 0.0351 e. The van der Waals surface area contributed by atoms with Crippen molar-refractivity contribution < 1.29 is 0 Å². The molecule has 0 aromatic rings. The number of hydrogen-bond donors (Lipinski definition) is 0. The maximum absolute atomic E-state index is 3.72. The second kappa shape index (κ2) is 5.04. The zero-order valence-corrected chi connectivity index (χ0v) is 7.97. The van der Waals surface area contributed by atoms with Crippen molar-refractivity contribution in [3.05, 3.63) is 12.7 Å². The second-order valence-corrected chi connectivity index (χ2v) is 3.65. The van der Waals surface area contributed by atoms with E-state index in [4.69, 9.17) is 0 Å². The lowest BCUT2D eigenvalue weighted by Gasteiger charge is -2.15. The summed E-state index contributed by atoms with van der Waals surface area (Å²) in [4.78, 5) is 0. The van der Waals surface area contributed by atoms with Crippen LogP contribution in [0.2, 0.25) is 0 Å². The van der Waals surface area contributed by atoms with Crippen LogP contribution in [0, 0.1) is 23.7 Å². The lowest BCUT2D eigenvalue weighted by molar-refractivity contribution is 0.430. The molecule has 1 rings (SSSR count). The number of hydrogen-bond acceptors (Lipinski definition) is 0. The third kappa shape index (κ3) is 3.13. The first-order valence-corrected chi connectivity index (χ1v) is 4.96. The lowest BCUT2D eigenvalue weighted by atomic mass is 9.89. The van der Waals surface area contributed by atoms with Crippen LogP contribution in [0.5, 0.6) is 0 Å². The van der Waals surface area contributed by atoms with E-state index in [1.54, 1.807) is 0 Å². The van der Waals surface area contributed by atoms with E-state index in [9.17, 15) is 0 Å². The molecule has 0 aromatic heterocycles. The molecule has 0 radical (unpaired) electrons. The van der Waals surface area contributed by atoms with E-state index in [0.29, 0.717) is 11.8 Å². The van der Waals surface area contributed by atoms with E-state index in [1.807, 2.05) is 6.08 Å². The molecule has 0 heterocycles. The molecule has 0 saturated heterocycles. The molecule has 0 spiro atoms. The Morgan fingerprint density at radius 3 is 2.58 bits per heavy atom. The van der Waals surface area contributed by atoms with Gasteiger partial charge in [0.2, 0.25) is 0 Å². The van der Waals surface area contributed by atoms with Crippen molar-refractivity contribution >= 4 is 0 Å². The second-order valence-electron chi connectivity index (χ2n) is 3.65. The lowest BCUT2D eigenvalue weighted by Crippen LogP contribution is -2.03. The van der Waals surface area contributed by atoms with E-state index < -0.39 is 0 Å². The van der Waals surface area contributed by atoms with Crippen molar-refractivity contribution in [3.63, 3.8) is 0 Å². The van der Waals surface area contributed by atoms with Crippen LogP contribution in [-0.4, -0.2) is 0 Å². The van der Waals surface area contributed by atoms with Gasteiger partial charge in [0.15, 0.2) is 0 Å². The Hall–Kier alpha value is -0.700. The standard InChI is InChI=1S/C12H18/c1-3-11(2)9-10-12-7-5-4-6-8-12/h3,11-12H,1,4-8H2,2H3. The Kier molecular flexibility index (Phi) is 3.94. The molecule has 1 aliphatic rings. The van der Waals surface area contributed by atoms with Gasteiger partial charge in [0, 0.05) is 11.8 Å². The number of rotatable bonds is 1. The van der Waals surface area contributed by atoms with Gasteiger partial charge >= 0.3 is 0 Å². The maximum atomic E-state index is 3.72. The van der Waals surface area contributed by atoms with Gasteiger partial charge in [-0.3, -0.25) is 0 Å². The predicted molar refractivity (Wildman–Crippen MR) is 53.7 cm³/mol. The van der Waals surface area contributed by atoms with E-state index >= 15 is 0 Å². The molecule has 1 unspecified atom stereocenters. The van der Waals surface area contributed by atoms with Crippen LogP contribution < -0.4 is 0 Å². The van der Waals surface area contributed by atoms with Crippen LogP contribution in [0.3, 0.4) is 0 Å². The quantitative estimate of drug-likeness (QED) is 0.409. The van der Waals surface area contributed by atoms with Gasteiger partial charge in [-0.2, -0.15) is 0 Å². The summed E-state index contributed by atoms with van der Waals surface area (Å²) in [7, 11) is 0. The summed E-state index contributed by atoms with van der Waals surface area (Å²) in [5.74, 6) is 7.63. The van der Waals surface area contributed by atoms with E-state index in [-0.39, 0.29) is 0 Å². The minimum Gasteiger partial charge on any atom is -0.102 e. The Morgan fingerprint density at radius 2 is 2.00 bits per heavy atom. The first-order chi connectivity index (χ1) is 5.83. The average molecular weight is 162 g/mol. The van der Waals surface area contributed by atoms with Gasteiger partial charge in [-0.25, -0.2) is 0 Å². The molecule has 0 amide bonds. The first kappa shape index (κ1) is 9.39. The van der Waals surface area contributed by atoms with Crippen LogP contribution in [-0.2, 0) is 0 Å². The smallest absolute Gasteiger partial charge is 0.0351 e. The normalized spacial score (nSPS) is 20.8. The Bertz CT molecular complexity index is 186. The van der Waals surface area contributed by atoms with Crippen LogP contribution in [0.4, 0.5) is 0 Å². The molecule has 0 bridgehead atoms. The molecule has 1 fully saturated rings. The molecule has 12 heavy (non-hydrogen) atoms. The van der Waals surface area contributed by atoms with Crippen LogP contribution in [0.15, 0.2) is 12.7 Å². The van der Waals surface area contributed by atoms with Gasteiger partial charge < -0.3 is 0 Å². The molecule has 1 atom stereocenters. The minimum absolute atomic E-state index is 0.368. The Balaban J connectivity index is 2.35. The molecule has 1 saturated carbocycles. The predicted octanol–water partition coefficient (Wildman–Crippen LogP) is 3.39. The third-order valence-electron chi connectivity index (χ3n) is 2.47. The summed E-state index contributed by atoms with van der Waals surface area (Å²) in [5, 5.41) is 0. The van der Waals surface area contributed by atoms with Crippen molar-refractivity contribution in [1.29, 1.82) is 0 Å². The average Bonchev–Trinajstić information content (AvgIpc) is 2.16. The van der Waals surface area contributed by atoms with Crippen LogP contribution in [0.1, 0.15) is 39.0 Å². The van der Waals surface area contributed by atoms with Gasteiger partial charge in [0.1, 0.15) is 0 Å². The Labute approximate surface area is 76.1 Å². The SMILES string of the molecule is C=CC(C)C#CC1CCCCC1. The summed E-state index contributed by atoms with van der Waals surface area (Å²) in [5.41, 5.74) is 0. The molecule has 0 aromatic carbocycles. The van der Waals surface area contributed by atoms with Crippen LogP contribution in [0.25, 0.3) is 0 Å². The molecule has 0 N–H and O–H groups in total. The van der Waals surface area contributed by atoms with E-state index in [1.165, 1.54) is 32.1 Å². The van der Waals surface area contributed by atoms with Crippen molar-refractivity contribution in [2.75, 3.05) is 0 Å². The molecule has 0 heteroatoms. The topological polar surface area (TPSA) is 0 Å². The molecule has 0 aliphatic heterocycles. The van der Waals surface area contributed by atoms with E-state index in [2.05, 4.69) is 25.3 Å². The third-order valence-corrected chi connectivity index (χ3v) is 2.47. The fourth-order valence-electron chi connectivity index (χ4n) is 1.56. The minimum atomic E-state index is 0.368. The molecule has 0 nitrogen and oxygen atoms in total. The molecular formula is C12H18. The van der Waals surface area contributed by atoms with Crippen molar-refractivity contribution in [1.82, 2.24) is 0 Å². The van der Waals surface area contributed by atoms with Gasteiger partial charge in [-0.15, -0.1) is 6.58 Å². The fraction of sp³-hybridized carbons (Fsp3) is 0.667. The molecular weight excluding hydrogens is 144 g/mol. The molecule has 1 aliphatic carbocycles. The van der Waals surface area contributed by atoms with Gasteiger partial charge in [-0.05, 0) is 19.8 Å². The van der Waals surface area contributed by atoms with Crippen molar-refractivity contribution in [3.8, 4) is 11.8 Å². The zero-order valence-electron chi connectivity index (χ0n) is 7.97. The van der Waals surface area contributed by atoms with Crippen molar-refractivity contribution in [2.24, 2.45) is 11.8 Å². The Morgan fingerprint density at radius 1 is 1.33 bits per heavy atom. The van der Waals surface area contributed by atoms with Crippen molar-refractivity contribution in [2.45, 2.75) is 39.0 Å². The highest BCUT2D eigenvalue weighted by molar-refractivity contribution is 5.10. The number of allylic oxidation sites excluding steroid dienone is 1. The first-order valence-electron chi connectivity index (χ1n) is 4.96. The van der Waals surface area contributed by atoms with Gasteiger partial charge in [0.05, 0.1) is 0 Å². The summed E-state index contributed by atoms with van der Waals surface area (Å²) in [6, 6.07) is 0. The van der Waals surface area contributed by atoms with Gasteiger partial charge in [-0.1, -0.05) is 37.2 Å². The highest BCUT2D eigenvalue weighted by atomic mass is 14.1. The zero-order chi connectivity index (χ0) is 8.81. The van der Waals surface area contributed by atoms with Crippen LogP contribution >= 0.6 is 0 Å². The summed E-state index contributed by atoms with van der Waals surface area (Å²) in [6.07, 6.45) is 8.71. The summed E-state index contributed by atoms with van der Waals surface area (Å²) < 4.78 is 0. The largest absolute Gasteiger partial charge is 0.102 e. The van der Waals surface area contributed by atoms with Gasteiger partial charge in [0.25, 0.3) is 0 Å². The fourth-order valence-corrected chi connectivity index (χ4v) is 1.56. The highest BCUT2D eigenvalue weighted by Gasteiger charge is 2.09. The monoisotopic (exact) mass is 162 g/mol. The summed E-state index contributed by atoms with van der Waals surface area (Å²) in [6.45, 7) is 5.82. The molecule has 66 valence electrons. The van der Waals surface area contributed by atoms with E-state index in [0.717, 1.165) is 0 Å². The summed E-state index contributed by atoms with van der Waals surface area (Å²) >= 11 is 0.